The molecule has 3 N–H and O–H groups in total. The van der Waals surface area contributed by atoms with Gasteiger partial charge in [0.2, 0.25) is 0 Å². The number of aromatic nitrogens is 2. The summed E-state index contributed by atoms with van der Waals surface area (Å²) in [5, 5.41) is 0. The van der Waals surface area contributed by atoms with Crippen molar-refractivity contribution in [2.45, 2.75) is 40.2 Å². The molecule has 5 heteroatoms. The Bertz CT molecular complexity index is 379. The minimum absolute atomic E-state index is 0.107. The van der Waals surface area contributed by atoms with Crippen molar-refractivity contribution in [2.75, 3.05) is 12.5 Å². The van der Waals surface area contributed by atoms with Gasteiger partial charge < -0.3 is 10.2 Å². The van der Waals surface area contributed by atoms with E-state index in [2.05, 4.69) is 43.1 Å². The lowest BCUT2D eigenvalue weighted by Gasteiger charge is -2.19. The first-order valence-electron chi connectivity index (χ1n) is 6.35. The molecule has 1 aromatic heterocycles. The second-order valence-corrected chi connectivity index (χ2v) is 5.25. The Morgan fingerprint density at radius 1 is 1.28 bits per heavy atom. The van der Waals surface area contributed by atoms with Crippen LogP contribution in [0.1, 0.15) is 45.3 Å². The van der Waals surface area contributed by atoms with Crippen LogP contribution >= 0.6 is 0 Å². The predicted octanol–water partition coefficient (Wildman–Crippen LogP) is 2.30. The lowest BCUT2D eigenvalue weighted by Crippen LogP contribution is -2.17. The largest absolute Gasteiger partial charge is 0.373 e. The lowest BCUT2D eigenvalue weighted by atomic mass is 10.1. The second kappa shape index (κ2) is 6.66. The van der Waals surface area contributed by atoms with E-state index in [1.54, 1.807) is 7.11 Å². The van der Waals surface area contributed by atoms with Crippen LogP contribution in [0.4, 0.5) is 5.82 Å². The van der Waals surface area contributed by atoms with E-state index in [9.17, 15) is 0 Å². The average Bonchev–Trinajstić information content (AvgIpc) is 2.28. The van der Waals surface area contributed by atoms with E-state index in [1.165, 1.54) is 0 Å². The summed E-state index contributed by atoms with van der Waals surface area (Å²) < 4.78 is 5.46. The van der Waals surface area contributed by atoms with Gasteiger partial charge in [-0.1, -0.05) is 27.7 Å². The van der Waals surface area contributed by atoms with Crippen molar-refractivity contribution in [3.63, 3.8) is 0 Å². The van der Waals surface area contributed by atoms with E-state index in [0.717, 1.165) is 12.1 Å². The Morgan fingerprint density at radius 3 is 2.39 bits per heavy atom. The summed E-state index contributed by atoms with van der Waals surface area (Å²) in [7, 11) is 1.68. The SMILES string of the molecule is COC(c1nc(CC(C)C)cc(NN)n1)C(C)C. The highest BCUT2D eigenvalue weighted by molar-refractivity contribution is 5.35. The van der Waals surface area contributed by atoms with Crippen molar-refractivity contribution >= 4 is 5.82 Å². The maximum atomic E-state index is 5.46. The average molecular weight is 252 g/mol. The first-order valence-corrected chi connectivity index (χ1v) is 6.35. The van der Waals surface area contributed by atoms with Gasteiger partial charge in [0.05, 0.1) is 0 Å². The van der Waals surface area contributed by atoms with Gasteiger partial charge in [0.1, 0.15) is 11.9 Å². The number of nitrogens with zero attached hydrogens (tertiary/aromatic N) is 2. The molecule has 0 spiro atoms. The number of rotatable bonds is 6. The fraction of sp³-hybridized carbons (Fsp3) is 0.692. The predicted molar refractivity (Wildman–Crippen MR) is 73.0 cm³/mol. The fourth-order valence-electron chi connectivity index (χ4n) is 1.92. The van der Waals surface area contributed by atoms with Crippen molar-refractivity contribution in [1.82, 2.24) is 9.97 Å². The molecule has 0 aliphatic carbocycles. The molecular formula is C13H24N4O. The molecule has 0 saturated heterocycles. The summed E-state index contributed by atoms with van der Waals surface area (Å²) in [5.41, 5.74) is 3.58. The highest BCUT2D eigenvalue weighted by Crippen LogP contribution is 2.23. The molecule has 0 aromatic carbocycles. The van der Waals surface area contributed by atoms with Gasteiger partial charge in [0.15, 0.2) is 5.82 Å². The van der Waals surface area contributed by atoms with E-state index >= 15 is 0 Å². The smallest absolute Gasteiger partial charge is 0.160 e. The molecule has 102 valence electrons. The zero-order valence-corrected chi connectivity index (χ0v) is 11.9. The lowest BCUT2D eigenvalue weighted by molar-refractivity contribution is 0.0573. The Labute approximate surface area is 109 Å². The normalized spacial score (nSPS) is 13.1. The quantitative estimate of drug-likeness (QED) is 0.600. The Balaban J connectivity index is 3.10. The number of hydrogen-bond donors (Lipinski definition) is 2. The summed E-state index contributed by atoms with van der Waals surface area (Å²) in [6.07, 6.45) is 0.794. The number of anilines is 1. The van der Waals surface area contributed by atoms with Crippen LogP contribution in [0.2, 0.25) is 0 Å². The number of nitrogens with one attached hydrogen (secondary N) is 1. The van der Waals surface area contributed by atoms with E-state index in [0.29, 0.717) is 23.5 Å². The topological polar surface area (TPSA) is 73.1 Å². The van der Waals surface area contributed by atoms with Crippen LogP contribution in [-0.2, 0) is 11.2 Å². The maximum absolute atomic E-state index is 5.46. The summed E-state index contributed by atoms with van der Waals surface area (Å²) in [4.78, 5) is 8.96. The highest BCUT2D eigenvalue weighted by atomic mass is 16.5. The Hall–Kier alpha value is -1.20. The molecule has 18 heavy (non-hydrogen) atoms. The van der Waals surface area contributed by atoms with Crippen LogP contribution in [0.3, 0.4) is 0 Å². The molecule has 0 fully saturated rings. The van der Waals surface area contributed by atoms with E-state index < -0.39 is 0 Å². The van der Waals surface area contributed by atoms with Gasteiger partial charge in [0, 0.05) is 18.9 Å². The second-order valence-electron chi connectivity index (χ2n) is 5.25. The van der Waals surface area contributed by atoms with Crippen LogP contribution in [-0.4, -0.2) is 17.1 Å². The Kier molecular flexibility index (Phi) is 5.50. The molecular weight excluding hydrogens is 228 g/mol. The van der Waals surface area contributed by atoms with Gasteiger partial charge in [-0.15, -0.1) is 0 Å². The van der Waals surface area contributed by atoms with Gasteiger partial charge >= 0.3 is 0 Å². The number of nitrogen functional groups attached to an aromatic ring is 1. The molecule has 0 radical (unpaired) electrons. The molecule has 1 heterocycles. The molecule has 0 saturated carbocycles. The van der Waals surface area contributed by atoms with Crippen LogP contribution < -0.4 is 11.3 Å². The van der Waals surface area contributed by atoms with Crippen molar-refractivity contribution < 1.29 is 4.74 Å². The number of hydrazine groups is 1. The zero-order valence-electron chi connectivity index (χ0n) is 11.9. The van der Waals surface area contributed by atoms with Crippen LogP contribution in [0.15, 0.2) is 6.07 Å². The molecule has 5 nitrogen and oxygen atoms in total. The standard InChI is InChI=1S/C13H24N4O/c1-8(2)6-10-7-11(17-14)16-13(15-10)12(18-5)9(3)4/h7-9,12H,6,14H2,1-5H3,(H,15,16,17). The third-order valence-corrected chi connectivity index (χ3v) is 2.68. The molecule has 0 aliphatic rings. The molecule has 1 rings (SSSR count). The zero-order chi connectivity index (χ0) is 13.7. The van der Waals surface area contributed by atoms with Crippen molar-refractivity contribution in [3.05, 3.63) is 17.6 Å². The summed E-state index contributed by atoms with van der Waals surface area (Å²) >= 11 is 0. The number of ether oxygens (including phenoxy) is 1. The van der Waals surface area contributed by atoms with E-state index in [-0.39, 0.29) is 6.10 Å². The number of methoxy groups -OCH3 is 1. The van der Waals surface area contributed by atoms with Crippen molar-refractivity contribution in [1.29, 1.82) is 0 Å². The van der Waals surface area contributed by atoms with Gasteiger partial charge in [-0.05, 0) is 18.3 Å². The molecule has 0 aliphatic heterocycles. The minimum atomic E-state index is -0.107. The van der Waals surface area contributed by atoms with Gasteiger partial charge in [-0.3, -0.25) is 0 Å². The number of nitrogens with two attached hydrogens (primary N) is 1. The number of hydrogen-bond acceptors (Lipinski definition) is 5. The molecule has 0 bridgehead atoms. The summed E-state index contributed by atoms with van der Waals surface area (Å²) in [5.74, 6) is 7.64. The summed E-state index contributed by atoms with van der Waals surface area (Å²) in [6.45, 7) is 8.49. The summed E-state index contributed by atoms with van der Waals surface area (Å²) in [6, 6.07) is 1.89. The first-order chi connectivity index (χ1) is 8.47. The van der Waals surface area contributed by atoms with Gasteiger partial charge in [-0.25, -0.2) is 15.8 Å². The highest BCUT2D eigenvalue weighted by Gasteiger charge is 2.19. The minimum Gasteiger partial charge on any atom is -0.373 e. The first kappa shape index (κ1) is 14.9. The monoisotopic (exact) mass is 252 g/mol. The molecule has 0 amide bonds. The van der Waals surface area contributed by atoms with E-state index in [1.807, 2.05) is 6.07 Å². The van der Waals surface area contributed by atoms with Crippen LogP contribution in [0, 0.1) is 11.8 Å². The molecule has 1 atom stereocenters. The maximum Gasteiger partial charge on any atom is 0.160 e. The third kappa shape index (κ3) is 3.92. The van der Waals surface area contributed by atoms with Crippen LogP contribution in [0.25, 0.3) is 0 Å². The van der Waals surface area contributed by atoms with E-state index in [4.69, 9.17) is 10.6 Å². The Morgan fingerprint density at radius 2 is 1.94 bits per heavy atom. The van der Waals surface area contributed by atoms with Crippen LogP contribution in [0.5, 0.6) is 0 Å². The van der Waals surface area contributed by atoms with Crippen molar-refractivity contribution in [2.24, 2.45) is 17.7 Å². The molecule has 1 unspecified atom stereocenters. The van der Waals surface area contributed by atoms with Crippen molar-refractivity contribution in [3.8, 4) is 0 Å². The molecule has 1 aromatic rings. The third-order valence-electron chi connectivity index (χ3n) is 2.68. The van der Waals surface area contributed by atoms with Gasteiger partial charge in [-0.2, -0.15) is 0 Å². The fourth-order valence-corrected chi connectivity index (χ4v) is 1.92. The van der Waals surface area contributed by atoms with Gasteiger partial charge in [0.25, 0.3) is 0 Å².